The summed E-state index contributed by atoms with van der Waals surface area (Å²) in [6, 6.07) is 27.7. The van der Waals surface area contributed by atoms with Crippen LogP contribution in [0.4, 0.5) is 0 Å². The van der Waals surface area contributed by atoms with Crippen molar-refractivity contribution in [1.82, 2.24) is 0 Å². The molecule has 1 saturated carbocycles. The van der Waals surface area contributed by atoms with E-state index in [1.165, 1.54) is 46.2 Å². The zero-order chi connectivity index (χ0) is 24.3. The molecular formula is C33H43N. The first-order valence-corrected chi connectivity index (χ1v) is 13.6. The summed E-state index contributed by atoms with van der Waals surface area (Å²) in [5.74, 6) is 1.14. The van der Waals surface area contributed by atoms with E-state index in [2.05, 4.69) is 93.6 Å². The summed E-state index contributed by atoms with van der Waals surface area (Å²) in [6.07, 6.45) is 6.67. The minimum absolute atomic E-state index is 0.0362. The molecule has 0 aromatic heterocycles. The molecule has 0 radical (unpaired) electrons. The molecule has 5 rings (SSSR count). The van der Waals surface area contributed by atoms with Gasteiger partial charge in [-0.25, -0.2) is 0 Å². The van der Waals surface area contributed by atoms with Crippen molar-refractivity contribution in [2.24, 2.45) is 11.7 Å². The second-order valence-corrected chi connectivity index (χ2v) is 10.3. The Morgan fingerprint density at radius 1 is 0.912 bits per heavy atom. The van der Waals surface area contributed by atoms with E-state index < -0.39 is 0 Å². The van der Waals surface area contributed by atoms with Gasteiger partial charge in [0.2, 0.25) is 0 Å². The van der Waals surface area contributed by atoms with Crippen molar-refractivity contribution < 1.29 is 0 Å². The summed E-state index contributed by atoms with van der Waals surface area (Å²) in [7, 11) is 0. The van der Waals surface area contributed by atoms with Gasteiger partial charge in [0, 0.05) is 5.41 Å². The Bertz CT molecular complexity index is 1080. The first-order chi connectivity index (χ1) is 16.5. The molecule has 1 nitrogen and oxygen atoms in total. The number of hydrogen-bond acceptors (Lipinski definition) is 1. The molecule has 4 atom stereocenters. The molecule has 0 aliphatic heterocycles. The third-order valence-electron chi connectivity index (χ3n) is 8.84. The van der Waals surface area contributed by atoms with Crippen LogP contribution in [-0.4, -0.2) is 0 Å². The molecule has 0 bridgehead atoms. The summed E-state index contributed by atoms with van der Waals surface area (Å²) in [6.45, 7) is 10.8. The normalized spacial score (nSPS) is 25.8. The molecule has 180 valence electrons. The van der Waals surface area contributed by atoms with Gasteiger partial charge in [-0.15, -0.1) is 0 Å². The summed E-state index contributed by atoms with van der Waals surface area (Å²) < 4.78 is 0. The Balaban J connectivity index is 0.00000133. The molecule has 0 heterocycles. The van der Waals surface area contributed by atoms with Crippen LogP contribution >= 0.6 is 0 Å². The van der Waals surface area contributed by atoms with Crippen LogP contribution in [0.5, 0.6) is 0 Å². The Kier molecular flexibility index (Phi) is 7.33. The van der Waals surface area contributed by atoms with Gasteiger partial charge in [-0.05, 0) is 83.7 Å². The molecule has 34 heavy (non-hydrogen) atoms. The Morgan fingerprint density at radius 2 is 1.62 bits per heavy atom. The Hall–Kier alpha value is -2.38. The van der Waals surface area contributed by atoms with Crippen molar-refractivity contribution in [1.29, 1.82) is 0 Å². The van der Waals surface area contributed by atoms with Gasteiger partial charge in [-0.2, -0.15) is 0 Å². The number of nitrogens with two attached hydrogens (primary N) is 1. The molecule has 1 heteroatoms. The van der Waals surface area contributed by atoms with Crippen molar-refractivity contribution in [2.75, 3.05) is 0 Å². The zero-order valence-electron chi connectivity index (χ0n) is 21.9. The smallest absolute Gasteiger partial charge is 0.0516 e. The summed E-state index contributed by atoms with van der Waals surface area (Å²) in [5, 5.41) is 0. The van der Waals surface area contributed by atoms with Crippen LogP contribution in [0, 0.1) is 5.92 Å². The van der Waals surface area contributed by atoms with Gasteiger partial charge < -0.3 is 5.73 Å². The third-order valence-corrected chi connectivity index (χ3v) is 8.84. The standard InChI is InChI=1S/C31H37N.C2H6/c1-4-22(3)25-12-14-27(15-13-25)30-21-26-19-23(5-2)11-16-29(26)31(30,32)18-17-28(30)20-24-9-7-6-8-10-24;1-2/h6-16,19,22,28H,4-5,17-18,20-21,32H2,1-3H3;1-2H3. The molecule has 3 aromatic carbocycles. The maximum absolute atomic E-state index is 7.50. The highest BCUT2D eigenvalue weighted by molar-refractivity contribution is 5.54. The molecule has 1 fully saturated rings. The minimum atomic E-state index is -0.286. The van der Waals surface area contributed by atoms with E-state index in [0.717, 1.165) is 25.7 Å². The SMILES string of the molecule is CC.CCc1ccc2c(c1)CC1(c3ccc(C(C)CC)cc3)C(Cc3ccccc3)CCC21N. The van der Waals surface area contributed by atoms with E-state index in [0.29, 0.717) is 11.8 Å². The number of rotatable bonds is 6. The topological polar surface area (TPSA) is 26.0 Å². The lowest BCUT2D eigenvalue weighted by Crippen LogP contribution is -2.52. The Morgan fingerprint density at radius 3 is 2.26 bits per heavy atom. The van der Waals surface area contributed by atoms with E-state index >= 15 is 0 Å². The van der Waals surface area contributed by atoms with Crippen LogP contribution in [0.1, 0.15) is 93.2 Å². The molecule has 2 aliphatic carbocycles. The van der Waals surface area contributed by atoms with Gasteiger partial charge in [0.05, 0.1) is 5.54 Å². The van der Waals surface area contributed by atoms with Crippen LogP contribution in [-0.2, 0) is 30.2 Å². The lowest BCUT2D eigenvalue weighted by atomic mass is 9.62. The van der Waals surface area contributed by atoms with Gasteiger partial charge in [-0.3, -0.25) is 0 Å². The van der Waals surface area contributed by atoms with E-state index in [1.807, 2.05) is 13.8 Å². The third kappa shape index (κ3) is 3.93. The van der Waals surface area contributed by atoms with Gasteiger partial charge >= 0.3 is 0 Å². The summed E-state index contributed by atoms with van der Waals surface area (Å²) in [4.78, 5) is 0. The molecule has 2 aliphatic rings. The van der Waals surface area contributed by atoms with Crippen molar-refractivity contribution in [2.45, 2.75) is 90.0 Å². The molecule has 3 aromatic rings. The highest BCUT2D eigenvalue weighted by Gasteiger charge is 2.63. The van der Waals surface area contributed by atoms with Crippen molar-refractivity contribution >= 4 is 0 Å². The average Bonchev–Trinajstić information content (AvgIpc) is 3.32. The predicted octanol–water partition coefficient (Wildman–Crippen LogP) is 8.09. The second-order valence-electron chi connectivity index (χ2n) is 10.3. The predicted molar refractivity (Wildman–Crippen MR) is 146 cm³/mol. The molecule has 0 amide bonds. The molecule has 0 saturated heterocycles. The lowest BCUT2D eigenvalue weighted by molar-refractivity contribution is 0.224. The van der Waals surface area contributed by atoms with E-state index in [9.17, 15) is 0 Å². The molecule has 4 unspecified atom stereocenters. The van der Waals surface area contributed by atoms with Gasteiger partial charge in [-0.1, -0.05) is 107 Å². The lowest BCUT2D eigenvalue weighted by Gasteiger charge is -2.43. The van der Waals surface area contributed by atoms with Crippen LogP contribution in [0.2, 0.25) is 0 Å². The molecule has 0 spiro atoms. The first kappa shape index (κ1) is 24.7. The minimum Gasteiger partial charge on any atom is -0.321 e. The van der Waals surface area contributed by atoms with E-state index in [1.54, 1.807) is 0 Å². The van der Waals surface area contributed by atoms with Crippen molar-refractivity contribution in [3.05, 3.63) is 106 Å². The number of hydrogen-bond donors (Lipinski definition) is 1. The van der Waals surface area contributed by atoms with Gasteiger partial charge in [0.25, 0.3) is 0 Å². The number of benzene rings is 3. The maximum Gasteiger partial charge on any atom is 0.0516 e. The van der Waals surface area contributed by atoms with Crippen LogP contribution in [0.3, 0.4) is 0 Å². The zero-order valence-corrected chi connectivity index (χ0v) is 21.9. The fraction of sp³-hybridized carbons (Fsp3) is 0.455. The number of aryl methyl sites for hydroxylation is 1. The quantitative estimate of drug-likeness (QED) is 0.401. The fourth-order valence-corrected chi connectivity index (χ4v) is 6.78. The summed E-state index contributed by atoms with van der Waals surface area (Å²) >= 11 is 0. The van der Waals surface area contributed by atoms with Crippen molar-refractivity contribution in [3.8, 4) is 0 Å². The first-order valence-electron chi connectivity index (χ1n) is 13.6. The van der Waals surface area contributed by atoms with Gasteiger partial charge in [0.1, 0.15) is 0 Å². The molecular weight excluding hydrogens is 410 g/mol. The maximum atomic E-state index is 7.50. The fourth-order valence-electron chi connectivity index (χ4n) is 6.78. The molecule has 2 N–H and O–H groups in total. The van der Waals surface area contributed by atoms with E-state index in [-0.39, 0.29) is 11.0 Å². The average molecular weight is 454 g/mol. The van der Waals surface area contributed by atoms with E-state index in [4.69, 9.17) is 5.73 Å². The van der Waals surface area contributed by atoms with Crippen LogP contribution in [0.15, 0.2) is 72.8 Å². The van der Waals surface area contributed by atoms with Crippen molar-refractivity contribution in [3.63, 3.8) is 0 Å². The summed E-state index contributed by atoms with van der Waals surface area (Å²) in [5.41, 5.74) is 15.8. The van der Waals surface area contributed by atoms with Gasteiger partial charge in [0.15, 0.2) is 0 Å². The van der Waals surface area contributed by atoms with Crippen LogP contribution < -0.4 is 5.73 Å². The monoisotopic (exact) mass is 453 g/mol. The largest absolute Gasteiger partial charge is 0.321 e. The Labute approximate surface area is 207 Å². The van der Waals surface area contributed by atoms with Crippen LogP contribution in [0.25, 0.3) is 0 Å². The second kappa shape index (κ2) is 10.1. The highest BCUT2D eigenvalue weighted by atomic mass is 14.9. The highest BCUT2D eigenvalue weighted by Crippen LogP contribution is 2.63. The number of fused-ring (bicyclic) bond motifs is 3.